The van der Waals surface area contributed by atoms with Crippen molar-refractivity contribution in [3.05, 3.63) is 35.8 Å². The van der Waals surface area contributed by atoms with Crippen molar-refractivity contribution in [2.75, 3.05) is 0 Å². The standard InChI is InChI=1S/C11H14O2/c12-11(10-6-7-13-8-10)9-4-2-1-3-5-9/h4,6-8,11-12H,1-3,5H2/t11-/m0/s1. The highest BCUT2D eigenvalue weighted by molar-refractivity contribution is 5.23. The minimum absolute atomic E-state index is 0.445. The van der Waals surface area contributed by atoms with Gasteiger partial charge >= 0.3 is 0 Å². The second-order valence-corrected chi connectivity index (χ2v) is 3.48. The van der Waals surface area contributed by atoms with Crippen molar-refractivity contribution in [1.82, 2.24) is 0 Å². The van der Waals surface area contributed by atoms with Crippen LogP contribution in [0.2, 0.25) is 0 Å². The molecule has 1 heterocycles. The number of aliphatic hydroxyl groups excluding tert-OH is 1. The van der Waals surface area contributed by atoms with Crippen LogP contribution >= 0.6 is 0 Å². The monoisotopic (exact) mass is 178 g/mol. The molecule has 0 radical (unpaired) electrons. The largest absolute Gasteiger partial charge is 0.472 e. The van der Waals surface area contributed by atoms with Crippen molar-refractivity contribution in [2.45, 2.75) is 31.8 Å². The average molecular weight is 178 g/mol. The Balaban J connectivity index is 2.12. The molecule has 0 spiro atoms. The molecule has 1 atom stereocenters. The Morgan fingerprint density at radius 1 is 1.38 bits per heavy atom. The molecular formula is C11H14O2. The van der Waals surface area contributed by atoms with Crippen LogP contribution in [0.1, 0.15) is 37.4 Å². The molecule has 13 heavy (non-hydrogen) atoms. The second-order valence-electron chi connectivity index (χ2n) is 3.48. The van der Waals surface area contributed by atoms with Crippen LogP contribution in [-0.4, -0.2) is 5.11 Å². The van der Waals surface area contributed by atoms with Crippen LogP contribution in [0.25, 0.3) is 0 Å². The maximum Gasteiger partial charge on any atom is 0.103 e. The van der Waals surface area contributed by atoms with Crippen LogP contribution in [0.3, 0.4) is 0 Å². The fourth-order valence-corrected chi connectivity index (χ4v) is 1.76. The summed E-state index contributed by atoms with van der Waals surface area (Å²) in [5.41, 5.74) is 2.01. The van der Waals surface area contributed by atoms with E-state index in [0.717, 1.165) is 24.0 Å². The molecule has 0 saturated heterocycles. The highest BCUT2D eigenvalue weighted by Gasteiger charge is 2.15. The lowest BCUT2D eigenvalue weighted by Crippen LogP contribution is -2.03. The molecule has 2 rings (SSSR count). The van der Waals surface area contributed by atoms with Crippen LogP contribution in [0, 0.1) is 0 Å². The molecule has 0 aromatic carbocycles. The van der Waals surface area contributed by atoms with Gasteiger partial charge in [0.25, 0.3) is 0 Å². The van der Waals surface area contributed by atoms with Gasteiger partial charge in [-0.2, -0.15) is 0 Å². The highest BCUT2D eigenvalue weighted by atomic mass is 16.3. The Morgan fingerprint density at radius 3 is 2.92 bits per heavy atom. The summed E-state index contributed by atoms with van der Waals surface area (Å²) in [6, 6.07) is 1.82. The van der Waals surface area contributed by atoms with Gasteiger partial charge in [-0.1, -0.05) is 6.08 Å². The van der Waals surface area contributed by atoms with Crippen LogP contribution in [0.15, 0.2) is 34.7 Å². The van der Waals surface area contributed by atoms with Crippen molar-refractivity contribution in [2.24, 2.45) is 0 Å². The fraction of sp³-hybridized carbons (Fsp3) is 0.455. The van der Waals surface area contributed by atoms with E-state index in [1.54, 1.807) is 12.5 Å². The lowest BCUT2D eigenvalue weighted by Gasteiger charge is -2.17. The summed E-state index contributed by atoms with van der Waals surface area (Å²) in [5, 5.41) is 9.91. The fourth-order valence-electron chi connectivity index (χ4n) is 1.76. The number of rotatable bonds is 2. The summed E-state index contributed by atoms with van der Waals surface area (Å²) >= 11 is 0. The van der Waals surface area contributed by atoms with E-state index in [1.165, 1.54) is 12.8 Å². The summed E-state index contributed by atoms with van der Waals surface area (Å²) in [5.74, 6) is 0. The van der Waals surface area contributed by atoms with E-state index in [0.29, 0.717) is 0 Å². The Morgan fingerprint density at radius 2 is 2.31 bits per heavy atom. The van der Waals surface area contributed by atoms with Crippen LogP contribution in [0.4, 0.5) is 0 Å². The number of hydrogen-bond acceptors (Lipinski definition) is 2. The van der Waals surface area contributed by atoms with Gasteiger partial charge in [0.2, 0.25) is 0 Å². The second kappa shape index (κ2) is 3.79. The van der Waals surface area contributed by atoms with E-state index in [4.69, 9.17) is 4.42 Å². The molecule has 2 heteroatoms. The quantitative estimate of drug-likeness (QED) is 0.706. The van der Waals surface area contributed by atoms with Gasteiger partial charge in [0.05, 0.1) is 12.5 Å². The normalized spacial score (nSPS) is 19.6. The molecule has 0 saturated carbocycles. The minimum atomic E-state index is -0.445. The van der Waals surface area contributed by atoms with Gasteiger partial charge in [-0.05, 0) is 37.3 Å². The maximum atomic E-state index is 9.91. The molecule has 0 fully saturated rings. The smallest absolute Gasteiger partial charge is 0.103 e. The number of allylic oxidation sites excluding steroid dienone is 1. The third-order valence-electron chi connectivity index (χ3n) is 2.54. The third-order valence-corrected chi connectivity index (χ3v) is 2.54. The first-order valence-electron chi connectivity index (χ1n) is 4.77. The molecule has 1 aromatic rings. The van der Waals surface area contributed by atoms with E-state index in [-0.39, 0.29) is 0 Å². The van der Waals surface area contributed by atoms with Gasteiger partial charge in [0, 0.05) is 5.56 Å². The lowest BCUT2D eigenvalue weighted by atomic mass is 9.93. The maximum absolute atomic E-state index is 9.91. The first-order valence-corrected chi connectivity index (χ1v) is 4.77. The predicted molar refractivity (Wildman–Crippen MR) is 50.2 cm³/mol. The molecule has 0 aliphatic heterocycles. The highest BCUT2D eigenvalue weighted by Crippen LogP contribution is 2.29. The average Bonchev–Trinajstić information content (AvgIpc) is 2.71. The van der Waals surface area contributed by atoms with E-state index in [2.05, 4.69) is 6.08 Å². The van der Waals surface area contributed by atoms with Crippen LogP contribution < -0.4 is 0 Å². The number of aliphatic hydroxyl groups is 1. The Bertz CT molecular complexity index is 285. The zero-order valence-corrected chi connectivity index (χ0v) is 7.57. The van der Waals surface area contributed by atoms with Gasteiger partial charge in [0.1, 0.15) is 6.10 Å². The van der Waals surface area contributed by atoms with Crippen molar-refractivity contribution in [3.63, 3.8) is 0 Å². The summed E-state index contributed by atoms with van der Waals surface area (Å²) in [7, 11) is 0. The van der Waals surface area contributed by atoms with Crippen LogP contribution in [0.5, 0.6) is 0 Å². The summed E-state index contributed by atoms with van der Waals surface area (Å²) < 4.78 is 4.94. The Labute approximate surface area is 77.9 Å². The van der Waals surface area contributed by atoms with E-state index in [9.17, 15) is 5.11 Å². The lowest BCUT2D eigenvalue weighted by molar-refractivity contribution is 0.207. The first kappa shape index (κ1) is 8.57. The molecule has 0 bridgehead atoms. The third kappa shape index (κ3) is 1.83. The Kier molecular flexibility index (Phi) is 2.50. The van der Waals surface area contributed by atoms with E-state index >= 15 is 0 Å². The molecular weight excluding hydrogens is 164 g/mol. The molecule has 1 aliphatic carbocycles. The SMILES string of the molecule is O[C@@H](C1=CCCCC1)c1ccoc1. The van der Waals surface area contributed by atoms with Crippen LogP contribution in [-0.2, 0) is 0 Å². The van der Waals surface area contributed by atoms with Crippen molar-refractivity contribution in [3.8, 4) is 0 Å². The van der Waals surface area contributed by atoms with Gasteiger partial charge < -0.3 is 9.52 Å². The van der Waals surface area contributed by atoms with E-state index in [1.807, 2.05) is 6.07 Å². The summed E-state index contributed by atoms with van der Waals surface area (Å²) in [4.78, 5) is 0. The molecule has 1 N–H and O–H groups in total. The van der Waals surface area contributed by atoms with Gasteiger partial charge in [-0.15, -0.1) is 0 Å². The number of furan rings is 1. The zero-order chi connectivity index (χ0) is 9.10. The predicted octanol–water partition coefficient (Wildman–Crippen LogP) is 2.81. The summed E-state index contributed by atoms with van der Waals surface area (Å²) in [6.45, 7) is 0. The molecule has 1 aromatic heterocycles. The Hall–Kier alpha value is -1.02. The van der Waals surface area contributed by atoms with Gasteiger partial charge in [-0.3, -0.25) is 0 Å². The number of hydrogen-bond donors (Lipinski definition) is 1. The summed E-state index contributed by atoms with van der Waals surface area (Å²) in [6.07, 6.45) is 9.49. The molecule has 70 valence electrons. The van der Waals surface area contributed by atoms with Crippen molar-refractivity contribution in [1.29, 1.82) is 0 Å². The van der Waals surface area contributed by atoms with Crippen molar-refractivity contribution >= 4 is 0 Å². The first-order chi connectivity index (χ1) is 6.38. The van der Waals surface area contributed by atoms with E-state index < -0.39 is 6.10 Å². The zero-order valence-electron chi connectivity index (χ0n) is 7.57. The molecule has 2 nitrogen and oxygen atoms in total. The van der Waals surface area contributed by atoms with Crippen molar-refractivity contribution < 1.29 is 9.52 Å². The van der Waals surface area contributed by atoms with Gasteiger partial charge in [-0.25, -0.2) is 0 Å². The topological polar surface area (TPSA) is 33.4 Å². The molecule has 0 unspecified atom stereocenters. The minimum Gasteiger partial charge on any atom is -0.472 e. The van der Waals surface area contributed by atoms with Gasteiger partial charge in [0.15, 0.2) is 0 Å². The molecule has 1 aliphatic rings. The molecule has 0 amide bonds.